The maximum Gasteiger partial charge on any atom is 0.260 e. The predicted octanol–water partition coefficient (Wildman–Crippen LogP) is 7.71. The zero-order valence-corrected chi connectivity index (χ0v) is 35.4. The van der Waals surface area contributed by atoms with Crippen molar-refractivity contribution < 1.29 is 19.2 Å². The normalized spacial score (nSPS) is 22.5. The number of hydrogen-bond acceptors (Lipinski definition) is 9. The van der Waals surface area contributed by atoms with Crippen LogP contribution in [-0.4, -0.2) is 107 Å². The lowest BCUT2D eigenvalue weighted by molar-refractivity contribution is -0.125. The second-order valence-electron chi connectivity index (χ2n) is 17.1. The number of carbonyl (C=O) groups is 4. The number of rotatable bonds is 12. The molecule has 2 aromatic carbocycles. The van der Waals surface area contributed by atoms with Gasteiger partial charge in [-0.2, -0.15) is 0 Å². The molecule has 0 saturated heterocycles. The van der Waals surface area contributed by atoms with Crippen molar-refractivity contribution in [2.75, 3.05) is 64.3 Å². The molecule has 57 heavy (non-hydrogen) atoms. The Labute approximate surface area is 343 Å². The van der Waals surface area contributed by atoms with Crippen LogP contribution in [0.3, 0.4) is 0 Å². The summed E-state index contributed by atoms with van der Waals surface area (Å²) in [5.41, 5.74) is 10.4. The number of anilines is 1. The molecule has 4 aromatic rings. The molecule has 6 aliphatic rings. The Morgan fingerprint density at radius 2 is 1.46 bits per heavy atom. The molecule has 3 atom stereocenters. The molecule has 3 aliphatic carbocycles. The smallest absolute Gasteiger partial charge is 0.260 e. The molecule has 0 radical (unpaired) electrons. The fourth-order valence-electron chi connectivity index (χ4n) is 11.1. The van der Waals surface area contributed by atoms with E-state index in [2.05, 4.69) is 58.2 Å². The second-order valence-corrected chi connectivity index (χ2v) is 19.2. The molecular formula is C46H53N5O4S2. The quantitative estimate of drug-likeness (QED) is 0.144. The molecular weight excluding hydrogens is 751 g/mol. The lowest BCUT2D eigenvalue weighted by atomic mass is 9.83. The molecule has 0 saturated carbocycles. The third-order valence-electron chi connectivity index (χ3n) is 14.3. The van der Waals surface area contributed by atoms with Crippen LogP contribution in [0.1, 0.15) is 111 Å². The van der Waals surface area contributed by atoms with E-state index in [0.717, 1.165) is 112 Å². The lowest BCUT2D eigenvalue weighted by Gasteiger charge is -2.31. The van der Waals surface area contributed by atoms with E-state index in [1.807, 2.05) is 18.0 Å². The largest absolute Gasteiger partial charge is 0.357 e. The summed E-state index contributed by atoms with van der Waals surface area (Å²) < 4.78 is 2.45. The number of thiophene rings is 1. The van der Waals surface area contributed by atoms with Crippen molar-refractivity contribution in [3.05, 3.63) is 73.0 Å². The number of Topliss-reactive ketones (excluding diaryl/α,β-unsaturated/α-hetero) is 3. The van der Waals surface area contributed by atoms with Crippen molar-refractivity contribution in [3.63, 3.8) is 0 Å². The number of nitrogens with zero attached hydrogens (tertiary/aromatic N) is 5. The van der Waals surface area contributed by atoms with Gasteiger partial charge in [-0.15, -0.1) is 11.3 Å². The van der Waals surface area contributed by atoms with E-state index in [4.69, 9.17) is 0 Å². The minimum atomic E-state index is 0.141. The van der Waals surface area contributed by atoms with Crippen LogP contribution in [0.2, 0.25) is 0 Å². The van der Waals surface area contributed by atoms with Gasteiger partial charge in [-0.3, -0.25) is 19.2 Å². The highest BCUT2D eigenvalue weighted by Gasteiger charge is 2.51. The van der Waals surface area contributed by atoms with Gasteiger partial charge in [-0.05, 0) is 116 Å². The van der Waals surface area contributed by atoms with Gasteiger partial charge >= 0.3 is 0 Å². The van der Waals surface area contributed by atoms with Crippen molar-refractivity contribution >= 4 is 73.2 Å². The number of likely N-dealkylation sites (N-methyl/N-ethyl adjacent to an activating group) is 3. The average Bonchev–Trinajstić information content (AvgIpc) is 4.06. The Hall–Kier alpha value is -3.77. The highest BCUT2D eigenvalue weighted by atomic mass is 32.2. The summed E-state index contributed by atoms with van der Waals surface area (Å²) >= 11 is 3.44. The highest BCUT2D eigenvalue weighted by Crippen LogP contribution is 2.60. The minimum Gasteiger partial charge on any atom is -0.357 e. The van der Waals surface area contributed by atoms with Gasteiger partial charge in [0.25, 0.3) is 5.91 Å². The topological polar surface area (TPSA) is 86.2 Å². The van der Waals surface area contributed by atoms with Gasteiger partial charge in [-0.1, -0.05) is 32.5 Å². The zero-order chi connectivity index (χ0) is 39.3. The van der Waals surface area contributed by atoms with Crippen LogP contribution in [0.15, 0.2) is 34.7 Å². The Morgan fingerprint density at radius 3 is 2.23 bits per heavy atom. The van der Waals surface area contributed by atoms with Crippen molar-refractivity contribution in [2.45, 2.75) is 90.0 Å². The summed E-state index contributed by atoms with van der Waals surface area (Å²) in [5.74, 6) is 1.34. The fraction of sp³-hybridized carbons (Fsp3) is 0.522. The summed E-state index contributed by atoms with van der Waals surface area (Å²) in [6, 6.07) is 8.45. The Balaban J connectivity index is 0.896. The van der Waals surface area contributed by atoms with Crippen molar-refractivity contribution in [2.24, 2.45) is 5.92 Å². The number of fused-ring (bicyclic) bond motifs is 13. The Bertz CT molecular complexity index is 2420. The Kier molecular flexibility index (Phi) is 9.54. The van der Waals surface area contributed by atoms with Crippen LogP contribution in [0.4, 0.5) is 5.69 Å². The van der Waals surface area contributed by atoms with E-state index in [0.29, 0.717) is 19.3 Å². The molecule has 5 heterocycles. The SMILES string of the molecule is CCN(CC)CCn1c2ccc3c(c2c2c4c(sc21)C(=O)CC(CCN(CC)CCN1c2ccc5c(c2C2C6=C(SC21)C(=O)N(C)CC6)CCC5=O)C4)CCC3=O. The first-order chi connectivity index (χ1) is 27.7. The first-order valence-electron chi connectivity index (χ1n) is 21.4. The summed E-state index contributed by atoms with van der Waals surface area (Å²) in [6.07, 6.45) is 6.07. The van der Waals surface area contributed by atoms with Crippen LogP contribution in [0.25, 0.3) is 21.1 Å². The molecule has 9 nitrogen and oxygen atoms in total. The number of benzene rings is 2. The molecule has 0 fully saturated rings. The molecule has 3 unspecified atom stereocenters. The number of amides is 1. The van der Waals surface area contributed by atoms with Crippen LogP contribution in [0.5, 0.6) is 0 Å². The number of aromatic nitrogens is 1. The lowest BCUT2D eigenvalue weighted by Crippen LogP contribution is -2.39. The first-order valence-corrected chi connectivity index (χ1v) is 23.1. The van der Waals surface area contributed by atoms with Gasteiger partial charge in [0.2, 0.25) is 0 Å². The van der Waals surface area contributed by atoms with E-state index >= 15 is 0 Å². The standard InChI is InChI=1S/C46H53N5O4S2/c1-5-48(6-2)20-22-50-34-13-9-28-30(11-15-36(28)53)39(34)41-32-24-26(25-37(54)42(32)56-46(41)50)16-19-49(7-3)21-23-51-33-12-8-27-29(10-14-35(27)52)38(33)40-31-17-18-47(4)44(55)43(31)57-45(40)51/h8-9,12-13,26,40,45H,5-7,10-11,14-25H2,1-4H3. The number of aryl methyl sites for hydroxylation is 1. The Morgan fingerprint density at radius 1 is 0.737 bits per heavy atom. The molecule has 10 rings (SSSR count). The van der Waals surface area contributed by atoms with E-state index in [1.54, 1.807) is 23.1 Å². The summed E-state index contributed by atoms with van der Waals surface area (Å²) in [5, 5.41) is 2.61. The molecule has 0 bridgehead atoms. The van der Waals surface area contributed by atoms with Gasteiger partial charge in [0.05, 0.1) is 20.7 Å². The molecule has 0 spiro atoms. The summed E-state index contributed by atoms with van der Waals surface area (Å²) in [7, 11) is 1.91. The maximum atomic E-state index is 14.0. The molecule has 3 aliphatic heterocycles. The number of hydrogen-bond donors (Lipinski definition) is 0. The third kappa shape index (κ3) is 5.84. The monoisotopic (exact) mass is 803 g/mol. The van der Waals surface area contributed by atoms with Gasteiger partial charge in [0, 0.05) is 92.5 Å². The molecule has 11 heteroatoms. The average molecular weight is 804 g/mol. The van der Waals surface area contributed by atoms with Crippen LogP contribution < -0.4 is 4.90 Å². The van der Waals surface area contributed by atoms with E-state index in [9.17, 15) is 19.2 Å². The summed E-state index contributed by atoms with van der Waals surface area (Å²) in [4.78, 5) is 65.6. The molecule has 298 valence electrons. The van der Waals surface area contributed by atoms with Crippen LogP contribution >= 0.6 is 23.1 Å². The second kappa shape index (κ2) is 14.5. The van der Waals surface area contributed by atoms with Gasteiger partial charge < -0.3 is 24.2 Å². The summed E-state index contributed by atoms with van der Waals surface area (Å²) in [6.45, 7) is 14.8. The fourth-order valence-corrected chi connectivity index (χ4v) is 14.1. The first kappa shape index (κ1) is 37.5. The van der Waals surface area contributed by atoms with Gasteiger partial charge in [-0.25, -0.2) is 0 Å². The van der Waals surface area contributed by atoms with Crippen molar-refractivity contribution in [1.29, 1.82) is 0 Å². The van der Waals surface area contributed by atoms with Gasteiger partial charge in [0.1, 0.15) is 4.83 Å². The van der Waals surface area contributed by atoms with E-state index in [-0.39, 0.29) is 40.5 Å². The molecule has 0 N–H and O–H groups in total. The van der Waals surface area contributed by atoms with Crippen molar-refractivity contribution in [1.82, 2.24) is 19.3 Å². The van der Waals surface area contributed by atoms with Crippen molar-refractivity contribution in [3.8, 4) is 0 Å². The van der Waals surface area contributed by atoms with Crippen LogP contribution in [0, 0.1) is 5.92 Å². The highest BCUT2D eigenvalue weighted by molar-refractivity contribution is 8.05. The van der Waals surface area contributed by atoms with E-state index in [1.165, 1.54) is 54.6 Å². The maximum absolute atomic E-state index is 14.0. The minimum absolute atomic E-state index is 0.141. The predicted molar refractivity (Wildman–Crippen MR) is 230 cm³/mol. The number of ketones is 3. The molecule has 1 amide bonds. The zero-order valence-electron chi connectivity index (χ0n) is 33.7. The molecule has 2 aromatic heterocycles. The van der Waals surface area contributed by atoms with Gasteiger partial charge in [0.15, 0.2) is 17.3 Å². The van der Waals surface area contributed by atoms with E-state index < -0.39 is 0 Å². The number of thioether (sulfide) groups is 1. The number of carbonyl (C=O) groups excluding carboxylic acids is 4. The third-order valence-corrected chi connectivity index (χ3v) is 17.0. The van der Waals surface area contributed by atoms with Crippen LogP contribution in [-0.2, 0) is 30.6 Å².